The molecule has 0 saturated carbocycles. The van der Waals surface area contributed by atoms with Crippen LogP contribution in [0.3, 0.4) is 0 Å². The first-order valence-electron chi connectivity index (χ1n) is 7.68. The van der Waals surface area contributed by atoms with Crippen molar-refractivity contribution >= 4 is 5.91 Å². The first-order chi connectivity index (χ1) is 9.91. The Bertz CT molecular complexity index is 470. The van der Waals surface area contributed by atoms with Crippen LogP contribution in [0.15, 0.2) is 0 Å². The Balaban J connectivity index is 1.87. The van der Waals surface area contributed by atoms with Crippen molar-refractivity contribution in [2.24, 2.45) is 5.41 Å². The van der Waals surface area contributed by atoms with E-state index in [1.165, 1.54) is 0 Å². The van der Waals surface area contributed by atoms with E-state index in [0.29, 0.717) is 0 Å². The average Bonchev–Trinajstić information content (AvgIpc) is 2.86. The molecular formula is C14H26N6O. The van der Waals surface area contributed by atoms with Gasteiger partial charge in [-0.3, -0.25) is 9.69 Å². The monoisotopic (exact) mass is 294 g/mol. The molecule has 7 heteroatoms. The molecule has 0 atom stereocenters. The second kappa shape index (κ2) is 6.51. The Morgan fingerprint density at radius 2 is 1.86 bits per heavy atom. The fourth-order valence-electron chi connectivity index (χ4n) is 2.51. The first kappa shape index (κ1) is 15.9. The minimum Gasteiger partial charge on any atom is -0.340 e. The van der Waals surface area contributed by atoms with Crippen LogP contribution in [-0.2, 0) is 17.9 Å². The SMILES string of the molecule is CCCn1nnnc1CN1CCN(C(=O)C(C)(C)C)CC1. The maximum atomic E-state index is 12.3. The zero-order chi connectivity index (χ0) is 15.5. The van der Waals surface area contributed by atoms with E-state index in [1.54, 1.807) is 0 Å². The Labute approximate surface area is 126 Å². The molecule has 1 aliphatic heterocycles. The van der Waals surface area contributed by atoms with E-state index in [0.717, 1.165) is 51.5 Å². The number of hydrogen-bond donors (Lipinski definition) is 0. The summed E-state index contributed by atoms with van der Waals surface area (Å²) in [5.74, 6) is 1.14. The Morgan fingerprint density at radius 1 is 1.19 bits per heavy atom. The van der Waals surface area contributed by atoms with E-state index in [9.17, 15) is 4.79 Å². The van der Waals surface area contributed by atoms with Crippen LogP contribution >= 0.6 is 0 Å². The maximum Gasteiger partial charge on any atom is 0.228 e. The molecule has 1 fully saturated rings. The lowest BCUT2D eigenvalue weighted by atomic mass is 9.94. The Kier molecular flexibility index (Phi) is 4.92. The van der Waals surface area contributed by atoms with E-state index in [1.807, 2.05) is 30.4 Å². The number of nitrogens with zero attached hydrogens (tertiary/aromatic N) is 6. The van der Waals surface area contributed by atoms with Crippen LogP contribution < -0.4 is 0 Å². The first-order valence-corrected chi connectivity index (χ1v) is 7.68. The van der Waals surface area contributed by atoms with Crippen LogP contribution in [0.4, 0.5) is 0 Å². The van der Waals surface area contributed by atoms with Gasteiger partial charge < -0.3 is 4.90 Å². The van der Waals surface area contributed by atoms with E-state index >= 15 is 0 Å². The number of carbonyl (C=O) groups excluding carboxylic acids is 1. The van der Waals surface area contributed by atoms with Gasteiger partial charge in [0.2, 0.25) is 5.91 Å². The van der Waals surface area contributed by atoms with Crippen LogP contribution in [0.25, 0.3) is 0 Å². The Hall–Kier alpha value is -1.50. The number of carbonyl (C=O) groups is 1. The number of piperazine rings is 1. The third-order valence-electron chi connectivity index (χ3n) is 3.71. The standard InChI is InChI=1S/C14H26N6O/c1-5-6-20-12(15-16-17-20)11-18-7-9-19(10-8-18)13(21)14(2,3)4/h5-11H2,1-4H3. The van der Waals surface area contributed by atoms with Crippen molar-refractivity contribution in [2.75, 3.05) is 26.2 Å². The van der Waals surface area contributed by atoms with Gasteiger partial charge in [-0.05, 0) is 16.8 Å². The van der Waals surface area contributed by atoms with Gasteiger partial charge in [0.15, 0.2) is 5.82 Å². The summed E-state index contributed by atoms with van der Waals surface area (Å²) in [4.78, 5) is 16.5. The summed E-state index contributed by atoms with van der Waals surface area (Å²) >= 11 is 0. The fraction of sp³-hybridized carbons (Fsp3) is 0.857. The number of aromatic nitrogens is 4. The summed E-state index contributed by atoms with van der Waals surface area (Å²) in [7, 11) is 0. The van der Waals surface area contributed by atoms with Gasteiger partial charge in [-0.25, -0.2) is 4.68 Å². The van der Waals surface area contributed by atoms with Crippen molar-refractivity contribution in [3.05, 3.63) is 5.82 Å². The number of tetrazole rings is 1. The molecule has 118 valence electrons. The van der Waals surface area contributed by atoms with Crippen molar-refractivity contribution < 1.29 is 4.79 Å². The number of rotatable bonds is 4. The van der Waals surface area contributed by atoms with E-state index in [-0.39, 0.29) is 11.3 Å². The van der Waals surface area contributed by atoms with Gasteiger partial charge >= 0.3 is 0 Å². The number of aryl methyl sites for hydroxylation is 1. The smallest absolute Gasteiger partial charge is 0.228 e. The summed E-state index contributed by atoms with van der Waals surface area (Å²) in [6, 6.07) is 0. The molecule has 0 aliphatic carbocycles. The molecule has 1 aromatic rings. The van der Waals surface area contributed by atoms with Gasteiger partial charge in [-0.1, -0.05) is 27.7 Å². The average molecular weight is 294 g/mol. The second-order valence-electron chi connectivity index (χ2n) is 6.64. The summed E-state index contributed by atoms with van der Waals surface area (Å²) in [6.45, 7) is 13.0. The van der Waals surface area contributed by atoms with Crippen molar-refractivity contribution in [1.29, 1.82) is 0 Å². The highest BCUT2D eigenvalue weighted by atomic mass is 16.2. The predicted octanol–water partition coefficient (Wildman–Crippen LogP) is 0.773. The topological polar surface area (TPSA) is 67.2 Å². The molecule has 2 heterocycles. The zero-order valence-corrected chi connectivity index (χ0v) is 13.5. The van der Waals surface area contributed by atoms with E-state index in [2.05, 4.69) is 27.3 Å². The fourth-order valence-corrected chi connectivity index (χ4v) is 2.51. The van der Waals surface area contributed by atoms with Crippen LogP contribution in [0, 0.1) is 5.41 Å². The van der Waals surface area contributed by atoms with Crippen molar-refractivity contribution in [1.82, 2.24) is 30.0 Å². The molecular weight excluding hydrogens is 268 g/mol. The molecule has 0 radical (unpaired) electrons. The highest BCUT2D eigenvalue weighted by Gasteiger charge is 2.29. The third kappa shape index (κ3) is 4.00. The minimum absolute atomic E-state index is 0.234. The summed E-state index contributed by atoms with van der Waals surface area (Å²) < 4.78 is 1.87. The summed E-state index contributed by atoms with van der Waals surface area (Å²) in [5, 5.41) is 11.9. The molecule has 0 spiro atoms. The predicted molar refractivity (Wildman–Crippen MR) is 79.4 cm³/mol. The quantitative estimate of drug-likeness (QED) is 0.820. The number of amides is 1. The zero-order valence-electron chi connectivity index (χ0n) is 13.5. The largest absolute Gasteiger partial charge is 0.340 e. The highest BCUT2D eigenvalue weighted by molar-refractivity contribution is 5.81. The summed E-state index contributed by atoms with van der Waals surface area (Å²) in [5.41, 5.74) is -0.298. The molecule has 1 aliphatic rings. The van der Waals surface area contributed by atoms with E-state index in [4.69, 9.17) is 0 Å². The normalized spacial score (nSPS) is 17.2. The maximum absolute atomic E-state index is 12.3. The molecule has 0 N–H and O–H groups in total. The van der Waals surface area contributed by atoms with Crippen LogP contribution in [0.1, 0.15) is 39.9 Å². The van der Waals surface area contributed by atoms with Gasteiger partial charge in [-0.15, -0.1) is 5.10 Å². The van der Waals surface area contributed by atoms with Crippen molar-refractivity contribution in [2.45, 2.75) is 47.2 Å². The van der Waals surface area contributed by atoms with Gasteiger partial charge in [-0.2, -0.15) is 0 Å². The van der Waals surface area contributed by atoms with Crippen LogP contribution in [0.2, 0.25) is 0 Å². The minimum atomic E-state index is -0.298. The summed E-state index contributed by atoms with van der Waals surface area (Å²) in [6.07, 6.45) is 1.02. The molecule has 1 amide bonds. The van der Waals surface area contributed by atoms with Gasteiger partial charge in [0.05, 0.1) is 6.54 Å². The second-order valence-corrected chi connectivity index (χ2v) is 6.64. The molecule has 0 unspecified atom stereocenters. The Morgan fingerprint density at radius 3 is 2.43 bits per heavy atom. The van der Waals surface area contributed by atoms with Crippen molar-refractivity contribution in [3.63, 3.8) is 0 Å². The molecule has 2 rings (SSSR count). The van der Waals surface area contributed by atoms with Crippen molar-refractivity contribution in [3.8, 4) is 0 Å². The van der Waals surface area contributed by atoms with Crippen LogP contribution in [-0.4, -0.2) is 62.1 Å². The lowest BCUT2D eigenvalue weighted by molar-refractivity contribution is -0.141. The molecule has 0 bridgehead atoms. The molecule has 7 nitrogen and oxygen atoms in total. The highest BCUT2D eigenvalue weighted by Crippen LogP contribution is 2.19. The van der Waals surface area contributed by atoms with Gasteiger partial charge in [0, 0.05) is 38.1 Å². The van der Waals surface area contributed by atoms with Crippen LogP contribution in [0.5, 0.6) is 0 Å². The number of hydrogen-bond acceptors (Lipinski definition) is 5. The molecule has 0 aromatic carbocycles. The lowest BCUT2D eigenvalue weighted by Gasteiger charge is -2.37. The molecule has 1 saturated heterocycles. The van der Waals surface area contributed by atoms with E-state index < -0.39 is 0 Å². The molecule has 1 aromatic heterocycles. The lowest BCUT2D eigenvalue weighted by Crippen LogP contribution is -2.51. The van der Waals surface area contributed by atoms with Gasteiger partial charge in [0.25, 0.3) is 0 Å². The van der Waals surface area contributed by atoms with Gasteiger partial charge in [0.1, 0.15) is 0 Å². The third-order valence-corrected chi connectivity index (χ3v) is 3.71. The molecule has 21 heavy (non-hydrogen) atoms.